The van der Waals surface area contributed by atoms with Gasteiger partial charge in [0.1, 0.15) is 0 Å². The second kappa shape index (κ2) is 5.89. The molecule has 0 atom stereocenters. The van der Waals surface area contributed by atoms with Crippen LogP contribution < -0.4 is 5.32 Å². The predicted octanol–water partition coefficient (Wildman–Crippen LogP) is 0.993. The zero-order valence-electron chi connectivity index (χ0n) is 7.48. The highest BCUT2D eigenvalue weighted by Gasteiger charge is 1.97. The van der Waals surface area contributed by atoms with Crippen molar-refractivity contribution in [2.45, 2.75) is 26.2 Å². The van der Waals surface area contributed by atoms with Crippen molar-refractivity contribution in [1.29, 1.82) is 0 Å². The van der Waals surface area contributed by atoms with E-state index < -0.39 is 0 Å². The van der Waals surface area contributed by atoms with E-state index in [0.29, 0.717) is 6.42 Å². The second-order valence-corrected chi connectivity index (χ2v) is 2.49. The molecule has 11 heavy (non-hydrogen) atoms. The highest BCUT2D eigenvalue weighted by molar-refractivity contribution is 5.82. The molecule has 0 aromatic carbocycles. The topological polar surface area (TPSA) is 41.5 Å². The van der Waals surface area contributed by atoms with Gasteiger partial charge >= 0.3 is 0 Å². The Labute approximate surface area is 67.9 Å². The Balaban J connectivity index is 3.35. The van der Waals surface area contributed by atoms with Crippen LogP contribution >= 0.6 is 0 Å². The molecule has 0 aliphatic rings. The van der Waals surface area contributed by atoms with Crippen LogP contribution in [0.3, 0.4) is 0 Å². The molecule has 0 bridgehead atoms. The molecule has 0 unspecified atom stereocenters. The molecule has 0 radical (unpaired) electrons. The van der Waals surface area contributed by atoms with Gasteiger partial charge in [0, 0.05) is 26.2 Å². The summed E-state index contributed by atoms with van der Waals surface area (Å²) in [6.07, 6.45) is 2.41. The Morgan fingerprint density at radius 1 is 1.45 bits per heavy atom. The smallest absolute Gasteiger partial charge is 0.219 e. The number of hydrogen-bond donors (Lipinski definition) is 1. The normalized spacial score (nSPS) is 11.4. The summed E-state index contributed by atoms with van der Waals surface area (Å²) in [4.78, 5) is 14.7. The maximum absolute atomic E-state index is 10.7. The summed E-state index contributed by atoms with van der Waals surface area (Å²) < 4.78 is 0. The lowest BCUT2D eigenvalue weighted by Gasteiger charge is -1.98. The molecular formula is C8H16N2O. The lowest BCUT2D eigenvalue weighted by Crippen LogP contribution is -2.17. The van der Waals surface area contributed by atoms with E-state index in [9.17, 15) is 4.79 Å². The highest BCUT2D eigenvalue weighted by Crippen LogP contribution is 1.96. The molecule has 1 amide bonds. The zero-order chi connectivity index (χ0) is 8.69. The first-order valence-corrected chi connectivity index (χ1v) is 3.83. The average Bonchev–Trinajstić information content (AvgIpc) is 2.04. The first-order valence-electron chi connectivity index (χ1n) is 3.83. The van der Waals surface area contributed by atoms with Crippen LogP contribution in [0.15, 0.2) is 4.99 Å². The van der Waals surface area contributed by atoms with Crippen molar-refractivity contribution < 1.29 is 4.79 Å². The van der Waals surface area contributed by atoms with Crippen molar-refractivity contribution in [2.24, 2.45) is 4.99 Å². The third-order valence-electron chi connectivity index (χ3n) is 1.60. The number of carbonyl (C=O) groups excluding carboxylic acids is 1. The maximum atomic E-state index is 10.7. The molecule has 1 N–H and O–H groups in total. The Kier molecular flexibility index (Phi) is 5.43. The third kappa shape index (κ3) is 5.58. The summed E-state index contributed by atoms with van der Waals surface area (Å²) in [6.45, 7) is 1.98. The lowest BCUT2D eigenvalue weighted by molar-refractivity contribution is -0.120. The molecule has 0 rings (SSSR count). The fourth-order valence-corrected chi connectivity index (χ4v) is 0.742. The number of hydrogen-bond acceptors (Lipinski definition) is 2. The number of rotatable bonds is 4. The molecule has 64 valence electrons. The Morgan fingerprint density at radius 3 is 2.55 bits per heavy atom. The fourth-order valence-electron chi connectivity index (χ4n) is 0.742. The van der Waals surface area contributed by atoms with Gasteiger partial charge in [0.15, 0.2) is 0 Å². The molecule has 3 heteroatoms. The summed E-state index contributed by atoms with van der Waals surface area (Å²) in [7, 11) is 3.43. The summed E-state index contributed by atoms with van der Waals surface area (Å²) in [5.74, 6) is 0.105. The van der Waals surface area contributed by atoms with Gasteiger partial charge in [0.25, 0.3) is 0 Å². The molecule has 0 saturated carbocycles. The SMILES string of the molecule is CN=C(C)CCCC(=O)NC. The quantitative estimate of drug-likeness (QED) is 0.606. The van der Waals surface area contributed by atoms with E-state index in [2.05, 4.69) is 10.3 Å². The number of nitrogens with one attached hydrogen (secondary N) is 1. The third-order valence-corrected chi connectivity index (χ3v) is 1.60. The van der Waals surface area contributed by atoms with Gasteiger partial charge < -0.3 is 5.32 Å². The summed E-state index contributed by atoms with van der Waals surface area (Å²) >= 11 is 0. The largest absolute Gasteiger partial charge is 0.359 e. The van der Waals surface area contributed by atoms with Crippen molar-refractivity contribution in [3.05, 3.63) is 0 Å². The van der Waals surface area contributed by atoms with Crippen molar-refractivity contribution >= 4 is 11.6 Å². The molecule has 0 fully saturated rings. The van der Waals surface area contributed by atoms with Crippen LogP contribution in [0.4, 0.5) is 0 Å². The number of aliphatic imine (C=N–C) groups is 1. The van der Waals surface area contributed by atoms with Gasteiger partial charge in [-0.1, -0.05) is 0 Å². The Bertz CT molecular complexity index is 152. The number of nitrogens with zero attached hydrogens (tertiary/aromatic N) is 1. The van der Waals surface area contributed by atoms with Crippen LogP contribution in [0.25, 0.3) is 0 Å². The summed E-state index contributed by atoms with van der Waals surface area (Å²) in [5.41, 5.74) is 1.11. The molecule has 0 saturated heterocycles. The predicted molar refractivity (Wildman–Crippen MR) is 47.0 cm³/mol. The molecule has 3 nitrogen and oxygen atoms in total. The van der Waals surface area contributed by atoms with Crippen molar-refractivity contribution in [3.8, 4) is 0 Å². The van der Waals surface area contributed by atoms with Crippen LogP contribution in [0.2, 0.25) is 0 Å². The molecule has 0 spiro atoms. The van der Waals surface area contributed by atoms with E-state index in [-0.39, 0.29) is 5.91 Å². The van der Waals surface area contributed by atoms with Crippen molar-refractivity contribution in [1.82, 2.24) is 5.32 Å². The van der Waals surface area contributed by atoms with E-state index in [1.54, 1.807) is 14.1 Å². The summed E-state index contributed by atoms with van der Waals surface area (Å²) in [6, 6.07) is 0. The number of carbonyl (C=O) groups is 1. The molecule has 0 aromatic rings. The molecule has 0 aromatic heterocycles. The van der Waals surface area contributed by atoms with E-state index in [0.717, 1.165) is 18.6 Å². The monoisotopic (exact) mass is 156 g/mol. The highest BCUT2D eigenvalue weighted by atomic mass is 16.1. The number of amides is 1. The van der Waals surface area contributed by atoms with E-state index >= 15 is 0 Å². The summed E-state index contributed by atoms with van der Waals surface area (Å²) in [5, 5.41) is 2.58. The first-order chi connectivity index (χ1) is 5.20. The van der Waals surface area contributed by atoms with Gasteiger partial charge in [-0.05, 0) is 19.8 Å². The van der Waals surface area contributed by atoms with E-state index in [4.69, 9.17) is 0 Å². The second-order valence-electron chi connectivity index (χ2n) is 2.49. The minimum absolute atomic E-state index is 0.105. The first kappa shape index (κ1) is 10.1. The molecule has 0 aliphatic heterocycles. The van der Waals surface area contributed by atoms with Crippen LogP contribution in [0.1, 0.15) is 26.2 Å². The molecular weight excluding hydrogens is 140 g/mol. The fraction of sp³-hybridized carbons (Fsp3) is 0.750. The average molecular weight is 156 g/mol. The van der Waals surface area contributed by atoms with E-state index in [1.165, 1.54) is 0 Å². The molecule has 0 heterocycles. The van der Waals surface area contributed by atoms with E-state index in [1.807, 2.05) is 6.92 Å². The van der Waals surface area contributed by atoms with Gasteiger partial charge in [0.05, 0.1) is 0 Å². The van der Waals surface area contributed by atoms with Crippen LogP contribution in [0, 0.1) is 0 Å². The van der Waals surface area contributed by atoms with Crippen molar-refractivity contribution in [2.75, 3.05) is 14.1 Å². The minimum atomic E-state index is 0.105. The van der Waals surface area contributed by atoms with Crippen molar-refractivity contribution in [3.63, 3.8) is 0 Å². The molecule has 0 aliphatic carbocycles. The standard InChI is InChI=1S/C8H16N2O/c1-7(9-2)5-4-6-8(11)10-3/h4-6H2,1-3H3,(H,10,11). The lowest BCUT2D eigenvalue weighted by atomic mass is 10.2. The Morgan fingerprint density at radius 2 is 2.09 bits per heavy atom. The van der Waals surface area contributed by atoms with Gasteiger partial charge in [-0.2, -0.15) is 0 Å². The zero-order valence-corrected chi connectivity index (χ0v) is 7.48. The van der Waals surface area contributed by atoms with Gasteiger partial charge in [-0.25, -0.2) is 0 Å². The maximum Gasteiger partial charge on any atom is 0.219 e. The van der Waals surface area contributed by atoms with Gasteiger partial charge in [-0.3, -0.25) is 9.79 Å². The van der Waals surface area contributed by atoms with Crippen LogP contribution in [0.5, 0.6) is 0 Å². The van der Waals surface area contributed by atoms with Gasteiger partial charge in [0.2, 0.25) is 5.91 Å². The van der Waals surface area contributed by atoms with Crippen LogP contribution in [-0.4, -0.2) is 25.7 Å². The Hall–Kier alpha value is -0.860. The van der Waals surface area contributed by atoms with Gasteiger partial charge in [-0.15, -0.1) is 0 Å². The van der Waals surface area contributed by atoms with Crippen LogP contribution in [-0.2, 0) is 4.79 Å². The minimum Gasteiger partial charge on any atom is -0.359 e.